The predicted molar refractivity (Wildman–Crippen MR) is 99.8 cm³/mol. The molecular weight excluding hydrogens is 342 g/mol. The first-order chi connectivity index (χ1) is 12.9. The molecule has 0 radical (unpaired) electrons. The van der Waals surface area contributed by atoms with Crippen LogP contribution in [0.25, 0.3) is 11.1 Å². The van der Waals surface area contributed by atoms with E-state index in [2.05, 4.69) is 19.9 Å². The van der Waals surface area contributed by atoms with Crippen molar-refractivity contribution >= 4 is 23.7 Å². The SMILES string of the molecule is Cc1ncc(-c2ccc3c(c2)N(c2cncc(C=O)n2)C(=O)C3(C)C)cn1. The quantitative estimate of drug-likeness (QED) is 0.668. The van der Waals surface area contributed by atoms with Crippen LogP contribution < -0.4 is 4.90 Å². The van der Waals surface area contributed by atoms with Crippen molar-refractivity contribution in [2.75, 3.05) is 4.90 Å². The van der Waals surface area contributed by atoms with Gasteiger partial charge in [-0.15, -0.1) is 0 Å². The van der Waals surface area contributed by atoms with Gasteiger partial charge in [0.2, 0.25) is 5.91 Å². The first kappa shape index (κ1) is 17.0. The molecule has 0 fully saturated rings. The lowest BCUT2D eigenvalue weighted by Gasteiger charge is -2.19. The summed E-state index contributed by atoms with van der Waals surface area (Å²) in [6.07, 6.45) is 6.97. The number of fused-ring (bicyclic) bond motifs is 1. The number of carbonyl (C=O) groups is 2. The van der Waals surface area contributed by atoms with Crippen molar-refractivity contribution in [3.8, 4) is 11.1 Å². The van der Waals surface area contributed by atoms with Crippen LogP contribution in [-0.4, -0.2) is 32.1 Å². The first-order valence-corrected chi connectivity index (χ1v) is 8.47. The molecule has 0 saturated heterocycles. The highest BCUT2D eigenvalue weighted by Gasteiger charge is 2.45. The van der Waals surface area contributed by atoms with Crippen LogP contribution in [0.3, 0.4) is 0 Å². The van der Waals surface area contributed by atoms with E-state index in [-0.39, 0.29) is 11.6 Å². The van der Waals surface area contributed by atoms with E-state index in [0.29, 0.717) is 17.9 Å². The zero-order chi connectivity index (χ0) is 19.2. The Balaban J connectivity index is 1.88. The lowest BCUT2D eigenvalue weighted by Crippen LogP contribution is -2.33. The number of hydrogen-bond acceptors (Lipinski definition) is 6. The Kier molecular flexibility index (Phi) is 3.80. The summed E-state index contributed by atoms with van der Waals surface area (Å²) in [7, 11) is 0. The van der Waals surface area contributed by atoms with E-state index < -0.39 is 5.41 Å². The Labute approximate surface area is 156 Å². The average molecular weight is 359 g/mol. The number of rotatable bonds is 3. The molecule has 1 aliphatic heterocycles. The Hall–Kier alpha value is -3.48. The van der Waals surface area contributed by atoms with Crippen LogP contribution in [0.5, 0.6) is 0 Å². The largest absolute Gasteiger partial charge is 0.296 e. The van der Waals surface area contributed by atoms with E-state index in [1.165, 1.54) is 17.3 Å². The fraction of sp³-hybridized carbons (Fsp3) is 0.200. The summed E-state index contributed by atoms with van der Waals surface area (Å²) < 4.78 is 0. The van der Waals surface area contributed by atoms with E-state index >= 15 is 0 Å². The van der Waals surface area contributed by atoms with E-state index in [4.69, 9.17) is 0 Å². The van der Waals surface area contributed by atoms with Crippen molar-refractivity contribution in [3.63, 3.8) is 0 Å². The zero-order valence-corrected chi connectivity index (χ0v) is 15.2. The van der Waals surface area contributed by atoms with Gasteiger partial charge in [0, 0.05) is 18.0 Å². The van der Waals surface area contributed by atoms with E-state index in [1.807, 2.05) is 39.0 Å². The second-order valence-electron chi connectivity index (χ2n) is 6.94. The molecule has 27 heavy (non-hydrogen) atoms. The van der Waals surface area contributed by atoms with Crippen molar-refractivity contribution in [3.05, 3.63) is 60.1 Å². The molecule has 0 aliphatic carbocycles. The highest BCUT2D eigenvalue weighted by molar-refractivity contribution is 6.12. The van der Waals surface area contributed by atoms with E-state index in [9.17, 15) is 9.59 Å². The molecule has 3 heterocycles. The Morgan fingerprint density at radius 3 is 2.48 bits per heavy atom. The highest BCUT2D eigenvalue weighted by Crippen LogP contribution is 2.46. The molecule has 4 rings (SSSR count). The summed E-state index contributed by atoms with van der Waals surface area (Å²) in [6.45, 7) is 5.58. The van der Waals surface area contributed by atoms with Gasteiger partial charge in [0.05, 0.1) is 23.5 Å². The summed E-state index contributed by atoms with van der Waals surface area (Å²) >= 11 is 0. The number of carbonyl (C=O) groups excluding carboxylic acids is 2. The summed E-state index contributed by atoms with van der Waals surface area (Å²) in [5.74, 6) is 0.902. The van der Waals surface area contributed by atoms with Gasteiger partial charge in [0.1, 0.15) is 11.5 Å². The molecule has 1 aliphatic rings. The number of anilines is 2. The van der Waals surface area contributed by atoms with Crippen molar-refractivity contribution in [1.82, 2.24) is 19.9 Å². The second kappa shape index (κ2) is 6.05. The fourth-order valence-electron chi connectivity index (χ4n) is 3.23. The van der Waals surface area contributed by atoms with E-state index in [0.717, 1.165) is 22.4 Å². The molecule has 0 unspecified atom stereocenters. The minimum Gasteiger partial charge on any atom is -0.296 e. The molecule has 2 aromatic heterocycles. The smallest absolute Gasteiger partial charge is 0.242 e. The number of aldehydes is 1. The predicted octanol–water partition coefficient (Wildman–Crippen LogP) is 3.01. The summed E-state index contributed by atoms with van der Waals surface area (Å²) in [4.78, 5) is 42.5. The number of aryl methyl sites for hydroxylation is 1. The maximum atomic E-state index is 13.1. The normalized spacial score (nSPS) is 14.9. The first-order valence-electron chi connectivity index (χ1n) is 8.47. The summed E-state index contributed by atoms with van der Waals surface area (Å²) in [5, 5.41) is 0. The second-order valence-corrected chi connectivity index (χ2v) is 6.94. The molecule has 0 saturated carbocycles. The summed E-state index contributed by atoms with van der Waals surface area (Å²) in [5.41, 5.74) is 2.82. The fourth-order valence-corrected chi connectivity index (χ4v) is 3.23. The van der Waals surface area contributed by atoms with Gasteiger partial charge in [-0.25, -0.2) is 15.0 Å². The number of hydrogen-bond donors (Lipinski definition) is 0. The topological polar surface area (TPSA) is 88.9 Å². The minimum atomic E-state index is -0.712. The van der Waals surface area contributed by atoms with Gasteiger partial charge >= 0.3 is 0 Å². The molecule has 0 bridgehead atoms. The molecule has 134 valence electrons. The standard InChI is InChI=1S/C20H17N5O2/c1-12-22-7-14(8-23-12)13-4-5-16-17(6-13)25(19(27)20(16,2)3)18-10-21-9-15(11-26)24-18/h4-11H,1-3H3. The van der Waals surface area contributed by atoms with Crippen molar-refractivity contribution in [1.29, 1.82) is 0 Å². The van der Waals surface area contributed by atoms with Crippen molar-refractivity contribution < 1.29 is 9.59 Å². The maximum absolute atomic E-state index is 13.1. The molecule has 0 atom stereocenters. The summed E-state index contributed by atoms with van der Waals surface area (Å²) in [6, 6.07) is 5.82. The molecule has 0 spiro atoms. The van der Waals surface area contributed by atoms with Crippen LogP contribution in [0.4, 0.5) is 11.5 Å². The lowest BCUT2D eigenvalue weighted by molar-refractivity contribution is -0.121. The molecule has 0 N–H and O–H groups in total. The highest BCUT2D eigenvalue weighted by atomic mass is 16.2. The molecule has 3 aromatic rings. The Morgan fingerprint density at radius 1 is 1.04 bits per heavy atom. The van der Waals surface area contributed by atoms with Crippen molar-refractivity contribution in [2.24, 2.45) is 0 Å². The molecule has 7 heteroatoms. The zero-order valence-electron chi connectivity index (χ0n) is 15.2. The Bertz CT molecular complexity index is 1060. The van der Waals surface area contributed by atoms with Crippen LogP contribution in [0.15, 0.2) is 43.0 Å². The van der Waals surface area contributed by atoms with E-state index in [1.54, 1.807) is 12.4 Å². The van der Waals surface area contributed by atoms with Crippen molar-refractivity contribution in [2.45, 2.75) is 26.2 Å². The van der Waals surface area contributed by atoms with Gasteiger partial charge in [-0.1, -0.05) is 12.1 Å². The van der Waals surface area contributed by atoms with Crippen LogP contribution in [0.1, 0.15) is 35.7 Å². The van der Waals surface area contributed by atoms with Gasteiger partial charge < -0.3 is 0 Å². The lowest BCUT2D eigenvalue weighted by atomic mass is 9.85. The molecule has 7 nitrogen and oxygen atoms in total. The number of amides is 1. The molecule has 1 amide bonds. The third kappa shape index (κ3) is 2.68. The van der Waals surface area contributed by atoms with Gasteiger partial charge in [0.25, 0.3) is 0 Å². The molecular formula is C20H17N5O2. The third-order valence-electron chi connectivity index (χ3n) is 4.75. The van der Waals surface area contributed by atoms with Gasteiger partial charge in [-0.3, -0.25) is 19.5 Å². The van der Waals surface area contributed by atoms with Gasteiger partial charge in [0.15, 0.2) is 12.1 Å². The third-order valence-corrected chi connectivity index (χ3v) is 4.75. The van der Waals surface area contributed by atoms with Gasteiger partial charge in [-0.2, -0.15) is 0 Å². The molecule has 1 aromatic carbocycles. The Morgan fingerprint density at radius 2 is 1.78 bits per heavy atom. The number of nitrogens with zero attached hydrogens (tertiary/aromatic N) is 5. The van der Waals surface area contributed by atoms with Crippen LogP contribution in [0, 0.1) is 6.92 Å². The van der Waals surface area contributed by atoms with Crippen LogP contribution >= 0.6 is 0 Å². The van der Waals surface area contributed by atoms with Crippen LogP contribution in [0.2, 0.25) is 0 Å². The minimum absolute atomic E-state index is 0.118. The number of aromatic nitrogens is 4. The van der Waals surface area contributed by atoms with Gasteiger partial charge in [-0.05, 0) is 38.0 Å². The maximum Gasteiger partial charge on any atom is 0.242 e. The average Bonchev–Trinajstić information content (AvgIpc) is 2.88. The number of benzene rings is 1. The monoisotopic (exact) mass is 359 g/mol. The van der Waals surface area contributed by atoms with Crippen LogP contribution in [-0.2, 0) is 10.2 Å².